The molecule has 1 unspecified atom stereocenters. The van der Waals surface area contributed by atoms with Crippen LogP contribution in [-0.4, -0.2) is 37.8 Å². The van der Waals surface area contributed by atoms with Crippen molar-refractivity contribution in [2.75, 3.05) is 37.7 Å². The summed E-state index contributed by atoms with van der Waals surface area (Å²) in [6, 6.07) is 4.69. The van der Waals surface area contributed by atoms with Gasteiger partial charge in [-0.2, -0.15) is 0 Å². The number of hydrogen-bond donors (Lipinski definition) is 1. The molecule has 4 heteroatoms. The molecule has 0 radical (unpaired) electrons. The molecule has 1 atom stereocenters. The van der Waals surface area contributed by atoms with E-state index >= 15 is 0 Å². The predicted octanol–water partition coefficient (Wildman–Crippen LogP) is 2.37. The van der Waals surface area contributed by atoms with Crippen molar-refractivity contribution in [2.45, 2.75) is 32.7 Å². The Morgan fingerprint density at radius 1 is 1.42 bits per heavy atom. The van der Waals surface area contributed by atoms with Crippen molar-refractivity contribution in [2.24, 2.45) is 0 Å². The van der Waals surface area contributed by atoms with E-state index in [0.717, 1.165) is 51.5 Å². The van der Waals surface area contributed by atoms with Crippen LogP contribution >= 0.6 is 0 Å². The van der Waals surface area contributed by atoms with Gasteiger partial charge in [-0.05, 0) is 44.0 Å². The Bertz CT molecular complexity index is 375. The van der Waals surface area contributed by atoms with Crippen molar-refractivity contribution in [1.29, 1.82) is 0 Å². The summed E-state index contributed by atoms with van der Waals surface area (Å²) in [7, 11) is 0. The number of anilines is 1. The summed E-state index contributed by atoms with van der Waals surface area (Å²) >= 11 is 0. The highest BCUT2D eigenvalue weighted by Crippen LogP contribution is 2.19. The number of aromatic nitrogens is 1. The third-order valence-electron chi connectivity index (χ3n) is 3.52. The van der Waals surface area contributed by atoms with Crippen LogP contribution in [0.25, 0.3) is 0 Å². The van der Waals surface area contributed by atoms with Crippen molar-refractivity contribution in [3.63, 3.8) is 0 Å². The lowest BCUT2D eigenvalue weighted by Gasteiger charge is -2.22. The molecule has 2 heterocycles. The van der Waals surface area contributed by atoms with Crippen molar-refractivity contribution in [3.05, 3.63) is 23.9 Å². The van der Waals surface area contributed by atoms with Gasteiger partial charge in [-0.3, -0.25) is 0 Å². The maximum atomic E-state index is 5.50. The standard InChI is InChI=1S/C15H25N3O/c1-3-6-16-13(2)14-5-7-17-15(12-14)18-8-4-10-19-11-9-18/h5,7,12-13,16H,3-4,6,8-11H2,1-2H3. The summed E-state index contributed by atoms with van der Waals surface area (Å²) in [6.07, 6.45) is 4.15. The third kappa shape index (κ3) is 4.18. The van der Waals surface area contributed by atoms with Gasteiger partial charge in [0.05, 0.1) is 6.61 Å². The molecule has 0 aromatic carbocycles. The highest BCUT2D eigenvalue weighted by atomic mass is 16.5. The van der Waals surface area contributed by atoms with Crippen LogP contribution in [0.4, 0.5) is 5.82 Å². The number of rotatable bonds is 5. The van der Waals surface area contributed by atoms with Crippen molar-refractivity contribution < 1.29 is 4.74 Å². The fraction of sp³-hybridized carbons (Fsp3) is 0.667. The summed E-state index contributed by atoms with van der Waals surface area (Å²) in [5.74, 6) is 1.08. The quantitative estimate of drug-likeness (QED) is 0.885. The van der Waals surface area contributed by atoms with Gasteiger partial charge in [-0.25, -0.2) is 4.98 Å². The molecule has 1 saturated heterocycles. The zero-order valence-electron chi connectivity index (χ0n) is 12.1. The Hall–Kier alpha value is -1.13. The van der Waals surface area contributed by atoms with Crippen LogP contribution in [0, 0.1) is 0 Å². The predicted molar refractivity (Wildman–Crippen MR) is 78.6 cm³/mol. The summed E-state index contributed by atoms with van der Waals surface area (Å²) in [4.78, 5) is 6.83. The van der Waals surface area contributed by atoms with Gasteiger partial charge in [0.15, 0.2) is 0 Å². The summed E-state index contributed by atoms with van der Waals surface area (Å²) < 4.78 is 5.50. The second-order valence-electron chi connectivity index (χ2n) is 5.08. The van der Waals surface area contributed by atoms with Crippen LogP contribution in [0.15, 0.2) is 18.3 Å². The first kappa shape index (κ1) is 14.3. The molecule has 0 bridgehead atoms. The molecule has 1 aliphatic heterocycles. The summed E-state index contributed by atoms with van der Waals surface area (Å²) in [5, 5.41) is 3.52. The molecule has 1 fully saturated rings. The first-order valence-corrected chi connectivity index (χ1v) is 7.33. The van der Waals surface area contributed by atoms with Crippen LogP contribution < -0.4 is 10.2 Å². The van der Waals surface area contributed by atoms with Crippen LogP contribution in [0.1, 0.15) is 38.3 Å². The lowest BCUT2D eigenvalue weighted by Crippen LogP contribution is -2.27. The third-order valence-corrected chi connectivity index (χ3v) is 3.52. The maximum Gasteiger partial charge on any atom is 0.128 e. The van der Waals surface area contributed by atoms with Gasteiger partial charge in [0.2, 0.25) is 0 Å². The van der Waals surface area contributed by atoms with Gasteiger partial charge in [0.1, 0.15) is 5.82 Å². The van der Waals surface area contributed by atoms with E-state index in [0.29, 0.717) is 6.04 Å². The number of pyridine rings is 1. The molecule has 1 aromatic heterocycles. The molecule has 0 saturated carbocycles. The molecule has 2 rings (SSSR count). The smallest absolute Gasteiger partial charge is 0.128 e. The molecule has 0 amide bonds. The Morgan fingerprint density at radius 2 is 2.32 bits per heavy atom. The largest absolute Gasteiger partial charge is 0.380 e. The molecule has 1 aliphatic rings. The van der Waals surface area contributed by atoms with Gasteiger partial charge in [-0.15, -0.1) is 0 Å². The van der Waals surface area contributed by atoms with Gasteiger partial charge < -0.3 is 15.0 Å². The van der Waals surface area contributed by atoms with E-state index < -0.39 is 0 Å². The van der Waals surface area contributed by atoms with E-state index in [-0.39, 0.29) is 0 Å². The van der Waals surface area contributed by atoms with E-state index in [1.54, 1.807) is 0 Å². The normalized spacial score (nSPS) is 18.1. The number of ether oxygens (including phenoxy) is 1. The fourth-order valence-corrected chi connectivity index (χ4v) is 2.33. The topological polar surface area (TPSA) is 37.4 Å². The Labute approximate surface area is 116 Å². The second kappa shape index (κ2) is 7.46. The Kier molecular flexibility index (Phi) is 5.61. The Morgan fingerprint density at radius 3 is 3.16 bits per heavy atom. The number of nitrogens with one attached hydrogen (secondary N) is 1. The number of nitrogens with zero attached hydrogens (tertiary/aromatic N) is 2. The van der Waals surface area contributed by atoms with Crippen LogP contribution in [0.2, 0.25) is 0 Å². The number of hydrogen-bond acceptors (Lipinski definition) is 4. The Balaban J connectivity index is 2.04. The molecule has 19 heavy (non-hydrogen) atoms. The van der Waals surface area contributed by atoms with E-state index in [1.165, 1.54) is 5.56 Å². The zero-order chi connectivity index (χ0) is 13.5. The minimum Gasteiger partial charge on any atom is -0.380 e. The SMILES string of the molecule is CCCNC(C)c1ccnc(N2CCCOCC2)c1. The van der Waals surface area contributed by atoms with E-state index in [2.05, 4.69) is 41.2 Å². The van der Waals surface area contributed by atoms with Crippen LogP contribution in [-0.2, 0) is 4.74 Å². The summed E-state index contributed by atoms with van der Waals surface area (Å²) in [5.41, 5.74) is 1.31. The molecule has 4 nitrogen and oxygen atoms in total. The van der Waals surface area contributed by atoms with Crippen molar-refractivity contribution in [3.8, 4) is 0 Å². The maximum absolute atomic E-state index is 5.50. The molecule has 0 spiro atoms. The highest BCUT2D eigenvalue weighted by molar-refractivity contribution is 5.41. The monoisotopic (exact) mass is 263 g/mol. The van der Waals surface area contributed by atoms with Crippen LogP contribution in [0.5, 0.6) is 0 Å². The summed E-state index contributed by atoms with van der Waals surface area (Å²) in [6.45, 7) is 9.09. The molecule has 1 N–H and O–H groups in total. The lowest BCUT2D eigenvalue weighted by atomic mass is 10.1. The van der Waals surface area contributed by atoms with Crippen LogP contribution in [0.3, 0.4) is 0 Å². The average Bonchev–Trinajstić information content (AvgIpc) is 2.74. The molecular formula is C15H25N3O. The van der Waals surface area contributed by atoms with E-state index in [1.807, 2.05) is 6.20 Å². The first-order valence-electron chi connectivity index (χ1n) is 7.33. The average molecular weight is 263 g/mol. The molecule has 1 aromatic rings. The van der Waals surface area contributed by atoms with Gasteiger partial charge >= 0.3 is 0 Å². The zero-order valence-corrected chi connectivity index (χ0v) is 12.1. The lowest BCUT2D eigenvalue weighted by molar-refractivity contribution is 0.152. The first-order chi connectivity index (χ1) is 9.31. The van der Waals surface area contributed by atoms with E-state index in [9.17, 15) is 0 Å². The minimum atomic E-state index is 0.380. The van der Waals surface area contributed by atoms with Gasteiger partial charge in [-0.1, -0.05) is 6.92 Å². The fourth-order valence-electron chi connectivity index (χ4n) is 2.33. The van der Waals surface area contributed by atoms with E-state index in [4.69, 9.17) is 4.74 Å². The molecular weight excluding hydrogens is 238 g/mol. The van der Waals surface area contributed by atoms with Crippen molar-refractivity contribution >= 4 is 5.82 Å². The molecule has 106 valence electrons. The molecule has 0 aliphatic carbocycles. The minimum absolute atomic E-state index is 0.380. The van der Waals surface area contributed by atoms with Gasteiger partial charge in [0, 0.05) is 31.9 Å². The highest BCUT2D eigenvalue weighted by Gasteiger charge is 2.13. The van der Waals surface area contributed by atoms with Gasteiger partial charge in [0.25, 0.3) is 0 Å². The second-order valence-corrected chi connectivity index (χ2v) is 5.08. The van der Waals surface area contributed by atoms with Crippen molar-refractivity contribution in [1.82, 2.24) is 10.3 Å².